The Morgan fingerprint density at radius 3 is 1.54 bits per heavy atom. The number of carbonyl (C=O) groups excluding carboxylic acids is 2. The summed E-state index contributed by atoms with van der Waals surface area (Å²) < 4.78 is 27.2. The SMILES string of the molecule is NC(N)=NC(=O)/C(F)=C/c1cccc(/C=C(\F)C(=O)N=C(N)N)c1. The van der Waals surface area contributed by atoms with Crippen molar-refractivity contribution in [2.45, 2.75) is 0 Å². The van der Waals surface area contributed by atoms with Crippen LogP contribution in [0.25, 0.3) is 12.2 Å². The van der Waals surface area contributed by atoms with Gasteiger partial charge in [0.2, 0.25) is 0 Å². The van der Waals surface area contributed by atoms with Crippen LogP contribution in [0.2, 0.25) is 0 Å². The summed E-state index contributed by atoms with van der Waals surface area (Å²) in [5.41, 5.74) is 20.3. The molecule has 126 valence electrons. The maximum atomic E-state index is 13.6. The maximum Gasteiger partial charge on any atom is 0.308 e. The number of aliphatic imine (C=N–C) groups is 2. The number of guanidine groups is 2. The molecular weight excluding hydrogens is 322 g/mol. The molecule has 10 heteroatoms. The first-order valence-corrected chi connectivity index (χ1v) is 6.31. The van der Waals surface area contributed by atoms with Crippen molar-refractivity contribution in [3.63, 3.8) is 0 Å². The summed E-state index contributed by atoms with van der Waals surface area (Å²) in [5.74, 6) is -6.13. The average Bonchev–Trinajstić information content (AvgIpc) is 2.46. The molecule has 0 spiro atoms. The van der Waals surface area contributed by atoms with Crippen LogP contribution in [0.1, 0.15) is 11.1 Å². The smallest absolute Gasteiger partial charge is 0.308 e. The number of benzene rings is 1. The van der Waals surface area contributed by atoms with Crippen LogP contribution in [0, 0.1) is 0 Å². The van der Waals surface area contributed by atoms with Gasteiger partial charge >= 0.3 is 11.8 Å². The minimum atomic E-state index is -1.26. The minimum Gasteiger partial charge on any atom is -0.370 e. The highest BCUT2D eigenvalue weighted by Gasteiger charge is 2.09. The lowest BCUT2D eigenvalue weighted by atomic mass is 10.1. The lowest BCUT2D eigenvalue weighted by Crippen LogP contribution is -2.24. The average molecular weight is 336 g/mol. The molecule has 0 aliphatic heterocycles. The van der Waals surface area contributed by atoms with E-state index in [2.05, 4.69) is 9.98 Å². The van der Waals surface area contributed by atoms with Crippen molar-refractivity contribution in [2.24, 2.45) is 32.9 Å². The Balaban J connectivity index is 3.07. The van der Waals surface area contributed by atoms with E-state index in [-0.39, 0.29) is 11.1 Å². The van der Waals surface area contributed by atoms with Crippen molar-refractivity contribution in [1.29, 1.82) is 0 Å². The van der Waals surface area contributed by atoms with Crippen molar-refractivity contribution in [1.82, 2.24) is 0 Å². The Hall–Kier alpha value is -3.56. The molecule has 0 fully saturated rings. The van der Waals surface area contributed by atoms with Gasteiger partial charge in [-0.15, -0.1) is 0 Å². The van der Waals surface area contributed by atoms with E-state index in [1.54, 1.807) is 0 Å². The van der Waals surface area contributed by atoms with Crippen LogP contribution in [-0.4, -0.2) is 23.7 Å². The van der Waals surface area contributed by atoms with Crippen molar-refractivity contribution < 1.29 is 18.4 Å². The molecule has 1 aromatic carbocycles. The first kappa shape index (κ1) is 18.5. The fourth-order valence-electron chi connectivity index (χ4n) is 1.50. The minimum absolute atomic E-state index is 0.211. The lowest BCUT2D eigenvalue weighted by molar-refractivity contribution is -0.116. The van der Waals surface area contributed by atoms with E-state index in [9.17, 15) is 18.4 Å². The molecule has 8 nitrogen and oxygen atoms in total. The van der Waals surface area contributed by atoms with Crippen LogP contribution in [-0.2, 0) is 9.59 Å². The van der Waals surface area contributed by atoms with Gasteiger partial charge < -0.3 is 22.9 Å². The van der Waals surface area contributed by atoms with Gasteiger partial charge in [-0.05, 0) is 29.3 Å². The van der Waals surface area contributed by atoms with Gasteiger partial charge in [-0.25, -0.2) is 8.78 Å². The summed E-state index contributed by atoms with van der Waals surface area (Å²) >= 11 is 0. The predicted molar refractivity (Wildman–Crippen MR) is 86.2 cm³/mol. The van der Waals surface area contributed by atoms with Crippen LogP contribution < -0.4 is 22.9 Å². The Labute approximate surface area is 135 Å². The zero-order chi connectivity index (χ0) is 18.3. The van der Waals surface area contributed by atoms with Crippen LogP contribution >= 0.6 is 0 Å². The topological polar surface area (TPSA) is 163 Å². The second-order valence-corrected chi connectivity index (χ2v) is 4.34. The Morgan fingerprint density at radius 2 is 1.21 bits per heavy atom. The van der Waals surface area contributed by atoms with Gasteiger partial charge in [0, 0.05) is 0 Å². The molecule has 0 bridgehead atoms. The number of rotatable bonds is 4. The highest BCUT2D eigenvalue weighted by molar-refractivity contribution is 6.03. The van der Waals surface area contributed by atoms with E-state index >= 15 is 0 Å². The van der Waals surface area contributed by atoms with E-state index < -0.39 is 35.4 Å². The largest absolute Gasteiger partial charge is 0.370 e. The van der Waals surface area contributed by atoms with Crippen molar-refractivity contribution in [3.8, 4) is 0 Å². The van der Waals surface area contributed by atoms with Crippen molar-refractivity contribution >= 4 is 35.9 Å². The molecule has 0 aliphatic carbocycles. The normalized spacial score (nSPS) is 11.6. The Morgan fingerprint density at radius 1 is 0.833 bits per heavy atom. The number of hydrogen-bond donors (Lipinski definition) is 4. The number of amides is 2. The molecule has 2 amide bonds. The summed E-state index contributed by atoms with van der Waals surface area (Å²) in [6.07, 6.45) is 1.70. The third kappa shape index (κ3) is 6.05. The van der Waals surface area contributed by atoms with Crippen LogP contribution in [0.15, 0.2) is 45.9 Å². The van der Waals surface area contributed by atoms with Gasteiger partial charge in [-0.1, -0.05) is 18.2 Å². The van der Waals surface area contributed by atoms with Crippen LogP contribution in [0.3, 0.4) is 0 Å². The van der Waals surface area contributed by atoms with E-state index in [0.717, 1.165) is 12.2 Å². The molecule has 0 radical (unpaired) electrons. The highest BCUT2D eigenvalue weighted by atomic mass is 19.1. The molecular formula is C14H14F2N6O2. The summed E-state index contributed by atoms with van der Waals surface area (Å²) in [7, 11) is 0. The predicted octanol–water partition coefficient (Wildman–Crippen LogP) is -0.0926. The fraction of sp³-hybridized carbons (Fsp3) is 0. The van der Waals surface area contributed by atoms with Gasteiger partial charge in [-0.2, -0.15) is 9.98 Å². The second kappa shape index (κ2) is 8.17. The molecule has 0 atom stereocenters. The summed E-state index contributed by atoms with van der Waals surface area (Å²) in [6.45, 7) is 0. The molecule has 0 unspecified atom stereocenters. The Bertz CT molecular complexity index is 714. The van der Waals surface area contributed by atoms with Crippen molar-refractivity contribution in [2.75, 3.05) is 0 Å². The zero-order valence-electron chi connectivity index (χ0n) is 12.2. The molecule has 8 N–H and O–H groups in total. The first-order valence-electron chi connectivity index (χ1n) is 6.31. The second-order valence-electron chi connectivity index (χ2n) is 4.34. The van der Waals surface area contributed by atoms with Gasteiger partial charge in [-0.3, -0.25) is 9.59 Å². The number of halogens is 2. The molecule has 1 aromatic rings. The molecule has 0 aliphatic rings. The van der Waals surface area contributed by atoms with Gasteiger partial charge in [0.15, 0.2) is 23.6 Å². The maximum absolute atomic E-state index is 13.6. The molecule has 0 saturated carbocycles. The third-order valence-corrected chi connectivity index (χ3v) is 2.37. The summed E-state index contributed by atoms with van der Waals surface area (Å²) in [5, 5.41) is 0. The van der Waals surface area contributed by atoms with E-state index in [1.165, 1.54) is 24.3 Å². The van der Waals surface area contributed by atoms with Gasteiger partial charge in [0.25, 0.3) is 0 Å². The fourth-order valence-corrected chi connectivity index (χ4v) is 1.50. The third-order valence-electron chi connectivity index (χ3n) is 2.37. The lowest BCUT2D eigenvalue weighted by Gasteiger charge is -1.99. The zero-order valence-corrected chi connectivity index (χ0v) is 12.2. The van der Waals surface area contributed by atoms with Crippen LogP contribution in [0.5, 0.6) is 0 Å². The van der Waals surface area contributed by atoms with E-state index in [0.29, 0.717) is 0 Å². The quantitative estimate of drug-likeness (QED) is 0.341. The molecule has 24 heavy (non-hydrogen) atoms. The van der Waals surface area contributed by atoms with E-state index in [4.69, 9.17) is 22.9 Å². The van der Waals surface area contributed by atoms with Crippen LogP contribution in [0.4, 0.5) is 8.78 Å². The van der Waals surface area contributed by atoms with Crippen molar-refractivity contribution in [3.05, 3.63) is 47.0 Å². The Kier molecular flexibility index (Phi) is 6.30. The highest BCUT2D eigenvalue weighted by Crippen LogP contribution is 2.15. The number of hydrogen-bond acceptors (Lipinski definition) is 2. The number of nitrogens with two attached hydrogens (primary N) is 4. The van der Waals surface area contributed by atoms with Gasteiger partial charge in [0.05, 0.1) is 0 Å². The summed E-state index contributed by atoms with van der Waals surface area (Å²) in [6, 6.07) is 5.64. The molecule has 0 aromatic heterocycles. The monoisotopic (exact) mass is 336 g/mol. The first-order chi connectivity index (χ1) is 11.2. The number of carbonyl (C=O) groups is 2. The molecule has 0 saturated heterocycles. The van der Waals surface area contributed by atoms with Gasteiger partial charge in [0.1, 0.15) is 0 Å². The number of nitrogens with zero attached hydrogens (tertiary/aromatic N) is 2. The molecule has 0 heterocycles. The van der Waals surface area contributed by atoms with E-state index in [1.807, 2.05) is 0 Å². The molecule has 1 rings (SSSR count). The standard InChI is InChI=1S/C14H14F2N6O2/c15-9(11(23)21-13(17)18)5-7-2-1-3-8(4-7)6-10(16)12(24)22-14(19)20/h1-6H,(H4,17,18,21,23)(H4,19,20,22,24)/b9-5-,10-6-. The summed E-state index contributed by atoms with van der Waals surface area (Å²) in [4.78, 5) is 28.6.